The number of hydrogen-bond donors (Lipinski definition) is 2. The topological polar surface area (TPSA) is 106 Å². The van der Waals surface area contributed by atoms with Crippen LogP contribution in [0, 0.1) is 5.82 Å². The molecule has 0 aliphatic heterocycles. The highest BCUT2D eigenvalue weighted by Gasteiger charge is 2.51. The molecular weight excluding hydrogens is 570 g/mol. The first-order valence-electron chi connectivity index (χ1n) is 11.2. The average Bonchev–Trinajstić information content (AvgIpc) is 3.63. The molecule has 0 spiro atoms. The molecule has 38 heavy (non-hydrogen) atoms. The SMILES string of the molecule is C[C@@H](NC(=O)C1(NC(=O)c2cncc(Cl)n2)CC1)c1ncc(-c2cc(Cl)cc(Cl)c2OCC(F)F)cc1F. The number of carbonyl (C=O) groups is 2. The first-order chi connectivity index (χ1) is 18.0. The summed E-state index contributed by atoms with van der Waals surface area (Å²) < 4.78 is 45.7. The number of carbonyl (C=O) groups excluding carboxylic acids is 2. The van der Waals surface area contributed by atoms with Gasteiger partial charge in [-0.25, -0.2) is 18.2 Å². The third kappa shape index (κ3) is 6.28. The summed E-state index contributed by atoms with van der Waals surface area (Å²) in [6.07, 6.45) is 1.76. The number of rotatable bonds is 9. The summed E-state index contributed by atoms with van der Waals surface area (Å²) >= 11 is 17.9. The molecule has 2 aromatic heterocycles. The number of aromatic nitrogens is 3. The molecule has 2 amide bonds. The van der Waals surface area contributed by atoms with E-state index >= 15 is 4.39 Å². The van der Waals surface area contributed by atoms with E-state index < -0.39 is 42.2 Å². The Morgan fingerprint density at radius 3 is 2.50 bits per heavy atom. The van der Waals surface area contributed by atoms with Crippen LogP contribution in [0.15, 0.2) is 36.8 Å². The molecule has 1 fully saturated rings. The predicted octanol–water partition coefficient (Wildman–Crippen LogP) is 5.42. The number of amides is 2. The van der Waals surface area contributed by atoms with Crippen LogP contribution in [0.2, 0.25) is 15.2 Å². The Kier molecular flexibility index (Phi) is 8.29. The van der Waals surface area contributed by atoms with Gasteiger partial charge in [0.05, 0.1) is 29.2 Å². The fraction of sp³-hybridized carbons (Fsp3) is 0.292. The van der Waals surface area contributed by atoms with E-state index in [9.17, 15) is 18.4 Å². The highest BCUT2D eigenvalue weighted by Crippen LogP contribution is 2.40. The average molecular weight is 589 g/mol. The second-order valence-corrected chi connectivity index (χ2v) is 9.75. The number of pyridine rings is 1. The van der Waals surface area contributed by atoms with Crippen molar-refractivity contribution in [3.8, 4) is 16.9 Å². The van der Waals surface area contributed by atoms with Crippen molar-refractivity contribution >= 4 is 46.6 Å². The quantitative estimate of drug-likeness (QED) is 0.346. The first-order valence-corrected chi connectivity index (χ1v) is 12.3. The van der Waals surface area contributed by atoms with Gasteiger partial charge in [-0.05, 0) is 38.0 Å². The van der Waals surface area contributed by atoms with Gasteiger partial charge in [-0.2, -0.15) is 0 Å². The van der Waals surface area contributed by atoms with Crippen molar-refractivity contribution in [2.75, 3.05) is 6.61 Å². The van der Waals surface area contributed by atoms with E-state index in [0.29, 0.717) is 12.8 Å². The molecule has 3 aromatic rings. The third-order valence-electron chi connectivity index (χ3n) is 5.68. The summed E-state index contributed by atoms with van der Waals surface area (Å²) in [6, 6.07) is 2.93. The normalized spacial score (nSPS) is 14.6. The standard InChI is InChI=1S/C24H19Cl3F3N5O3/c1-11(33-23(37)24(2-3-24)35-22(36)17-8-31-9-18(27)34-17)20-16(28)4-12(7-32-20)14-5-13(25)6-15(26)21(14)38-10-19(29)30/h4-9,11,19H,2-3,10H2,1H3,(H,33,37)(H,35,36)/t11-/m1/s1. The van der Waals surface area contributed by atoms with Crippen LogP contribution in [0.25, 0.3) is 11.1 Å². The summed E-state index contributed by atoms with van der Waals surface area (Å²) in [5, 5.41) is 5.47. The summed E-state index contributed by atoms with van der Waals surface area (Å²) in [5.41, 5.74) is -0.979. The van der Waals surface area contributed by atoms with Gasteiger partial charge in [0.15, 0.2) is 0 Å². The summed E-state index contributed by atoms with van der Waals surface area (Å²) in [4.78, 5) is 37.2. The highest BCUT2D eigenvalue weighted by molar-refractivity contribution is 6.36. The minimum absolute atomic E-state index is 0.0262. The zero-order valence-electron chi connectivity index (χ0n) is 19.6. The molecule has 200 valence electrons. The Balaban J connectivity index is 1.50. The Morgan fingerprint density at radius 2 is 1.87 bits per heavy atom. The lowest BCUT2D eigenvalue weighted by Gasteiger charge is -2.21. The molecule has 14 heteroatoms. The second kappa shape index (κ2) is 11.3. The second-order valence-electron chi connectivity index (χ2n) is 8.52. The Morgan fingerprint density at radius 1 is 1.13 bits per heavy atom. The third-order valence-corrected chi connectivity index (χ3v) is 6.36. The van der Waals surface area contributed by atoms with Crippen molar-refractivity contribution in [2.45, 2.75) is 37.8 Å². The van der Waals surface area contributed by atoms with Crippen LogP contribution in [0.1, 0.15) is 42.0 Å². The van der Waals surface area contributed by atoms with Crippen LogP contribution >= 0.6 is 34.8 Å². The maximum Gasteiger partial charge on any atom is 0.272 e. The van der Waals surface area contributed by atoms with Crippen molar-refractivity contribution in [1.82, 2.24) is 25.6 Å². The van der Waals surface area contributed by atoms with E-state index in [-0.39, 0.29) is 43.5 Å². The lowest BCUT2D eigenvalue weighted by Crippen LogP contribution is -2.49. The van der Waals surface area contributed by atoms with Gasteiger partial charge in [0.25, 0.3) is 12.3 Å². The molecule has 0 saturated heterocycles. The minimum atomic E-state index is -2.76. The van der Waals surface area contributed by atoms with Gasteiger partial charge in [-0.15, -0.1) is 0 Å². The van der Waals surface area contributed by atoms with Gasteiger partial charge in [0.2, 0.25) is 5.91 Å². The molecule has 1 atom stereocenters. The van der Waals surface area contributed by atoms with E-state index in [1.165, 1.54) is 37.6 Å². The number of ether oxygens (including phenoxy) is 1. The molecule has 1 saturated carbocycles. The van der Waals surface area contributed by atoms with Gasteiger partial charge in [0.1, 0.15) is 34.6 Å². The number of benzene rings is 1. The number of alkyl halides is 2. The van der Waals surface area contributed by atoms with Gasteiger partial charge < -0.3 is 15.4 Å². The smallest absolute Gasteiger partial charge is 0.272 e. The number of nitrogens with one attached hydrogen (secondary N) is 2. The molecule has 0 bridgehead atoms. The minimum Gasteiger partial charge on any atom is -0.485 e. The monoisotopic (exact) mass is 587 g/mol. The van der Waals surface area contributed by atoms with Gasteiger partial charge in [0, 0.05) is 22.3 Å². The largest absolute Gasteiger partial charge is 0.485 e. The maximum absolute atomic E-state index is 15.1. The van der Waals surface area contributed by atoms with Crippen LogP contribution in [0.4, 0.5) is 13.2 Å². The van der Waals surface area contributed by atoms with Gasteiger partial charge >= 0.3 is 0 Å². The van der Waals surface area contributed by atoms with Crippen molar-refractivity contribution < 1.29 is 27.5 Å². The summed E-state index contributed by atoms with van der Waals surface area (Å²) in [7, 11) is 0. The lowest BCUT2D eigenvalue weighted by atomic mass is 10.0. The Bertz CT molecular complexity index is 1390. The van der Waals surface area contributed by atoms with Gasteiger partial charge in [-0.3, -0.25) is 19.6 Å². The predicted molar refractivity (Wildman–Crippen MR) is 134 cm³/mol. The molecule has 0 radical (unpaired) electrons. The van der Waals surface area contributed by atoms with E-state index in [1.807, 2.05) is 0 Å². The number of halogens is 6. The molecule has 1 aliphatic rings. The number of hydrogen-bond acceptors (Lipinski definition) is 6. The molecule has 1 aliphatic carbocycles. The Labute approximate surface area is 229 Å². The fourth-order valence-corrected chi connectivity index (χ4v) is 4.35. The van der Waals surface area contributed by atoms with Crippen LogP contribution in [0.5, 0.6) is 5.75 Å². The van der Waals surface area contributed by atoms with Crippen LogP contribution in [-0.4, -0.2) is 45.3 Å². The van der Waals surface area contributed by atoms with Crippen molar-refractivity contribution in [3.05, 3.63) is 69.2 Å². The zero-order valence-corrected chi connectivity index (χ0v) is 21.8. The zero-order chi connectivity index (χ0) is 27.6. The molecule has 8 nitrogen and oxygen atoms in total. The molecule has 2 N–H and O–H groups in total. The van der Waals surface area contributed by atoms with Crippen molar-refractivity contribution in [3.63, 3.8) is 0 Å². The molecule has 2 heterocycles. The summed E-state index contributed by atoms with van der Waals surface area (Å²) in [6.45, 7) is 0.602. The van der Waals surface area contributed by atoms with E-state index in [2.05, 4.69) is 25.6 Å². The van der Waals surface area contributed by atoms with Crippen LogP contribution in [-0.2, 0) is 4.79 Å². The fourth-order valence-electron chi connectivity index (χ4n) is 3.65. The maximum atomic E-state index is 15.1. The molecule has 4 rings (SSSR count). The molecule has 1 aromatic carbocycles. The first kappa shape index (κ1) is 27.9. The summed E-state index contributed by atoms with van der Waals surface area (Å²) in [5.74, 6) is -2.03. The van der Waals surface area contributed by atoms with E-state index in [4.69, 9.17) is 39.5 Å². The van der Waals surface area contributed by atoms with Crippen LogP contribution in [0.3, 0.4) is 0 Å². The molecule has 0 unspecified atom stereocenters. The van der Waals surface area contributed by atoms with Crippen molar-refractivity contribution in [1.29, 1.82) is 0 Å². The van der Waals surface area contributed by atoms with Crippen LogP contribution < -0.4 is 15.4 Å². The number of nitrogens with zero attached hydrogens (tertiary/aromatic N) is 3. The van der Waals surface area contributed by atoms with Gasteiger partial charge in [-0.1, -0.05) is 34.8 Å². The lowest BCUT2D eigenvalue weighted by molar-refractivity contribution is -0.124. The van der Waals surface area contributed by atoms with E-state index in [1.54, 1.807) is 0 Å². The highest BCUT2D eigenvalue weighted by atomic mass is 35.5. The van der Waals surface area contributed by atoms with E-state index in [0.717, 1.165) is 6.07 Å². The molecular formula is C24H19Cl3F3N5O3. The Hall–Kier alpha value is -3.15. The van der Waals surface area contributed by atoms with Crippen molar-refractivity contribution in [2.24, 2.45) is 0 Å².